The summed E-state index contributed by atoms with van der Waals surface area (Å²) >= 11 is 0. The molecule has 0 fully saturated rings. The summed E-state index contributed by atoms with van der Waals surface area (Å²) in [5.74, 6) is 1.59. The van der Waals surface area contributed by atoms with Crippen LogP contribution in [-0.4, -0.2) is 23.1 Å². The molecule has 0 bridgehead atoms. The molecule has 19 heavy (non-hydrogen) atoms. The van der Waals surface area contributed by atoms with E-state index in [-0.39, 0.29) is 0 Å². The van der Waals surface area contributed by atoms with Gasteiger partial charge in [0.1, 0.15) is 12.4 Å². The second-order valence-corrected chi connectivity index (χ2v) is 4.68. The number of ether oxygens (including phenoxy) is 1. The molecule has 0 unspecified atom stereocenters. The van der Waals surface area contributed by atoms with Gasteiger partial charge < -0.3 is 10.5 Å². The number of aromatic nitrogens is 2. The Morgan fingerprint density at radius 2 is 2.21 bits per heavy atom. The molecule has 0 atom stereocenters. The van der Waals surface area contributed by atoms with Gasteiger partial charge in [0.05, 0.1) is 0 Å². The van der Waals surface area contributed by atoms with Gasteiger partial charge in [-0.15, -0.1) is 0 Å². The molecule has 0 saturated heterocycles. The molecule has 1 aliphatic carbocycles. The molecule has 1 aromatic heterocycles. The van der Waals surface area contributed by atoms with E-state index < -0.39 is 0 Å². The third-order valence-corrected chi connectivity index (χ3v) is 3.29. The normalized spacial score (nSPS) is 13.3. The van der Waals surface area contributed by atoms with Crippen LogP contribution < -0.4 is 10.5 Å². The number of aryl methyl sites for hydroxylation is 2. The van der Waals surface area contributed by atoms with Crippen LogP contribution in [-0.2, 0) is 12.8 Å². The molecule has 0 amide bonds. The lowest BCUT2D eigenvalue weighted by molar-refractivity contribution is 0.328. The molecule has 2 N–H and O–H groups in total. The molecule has 98 valence electrons. The van der Waals surface area contributed by atoms with Crippen LogP contribution in [0, 0.1) is 0 Å². The second-order valence-electron chi connectivity index (χ2n) is 4.68. The van der Waals surface area contributed by atoms with Crippen molar-refractivity contribution in [1.82, 2.24) is 9.97 Å². The Balaban J connectivity index is 1.89. The summed E-state index contributed by atoms with van der Waals surface area (Å²) in [5.41, 5.74) is 8.91. The van der Waals surface area contributed by atoms with E-state index in [1.165, 1.54) is 17.7 Å². The molecule has 4 heteroatoms. The summed E-state index contributed by atoms with van der Waals surface area (Å²) in [6.45, 7) is 1.04. The maximum absolute atomic E-state index is 5.53. The van der Waals surface area contributed by atoms with Gasteiger partial charge in [-0.1, -0.05) is 12.1 Å². The van der Waals surface area contributed by atoms with Gasteiger partial charge in [0.15, 0.2) is 5.82 Å². The molecule has 0 saturated carbocycles. The maximum atomic E-state index is 5.53. The van der Waals surface area contributed by atoms with Crippen LogP contribution in [0.1, 0.15) is 17.7 Å². The van der Waals surface area contributed by atoms with Crippen LogP contribution in [0.2, 0.25) is 0 Å². The number of rotatable bonds is 4. The van der Waals surface area contributed by atoms with E-state index in [4.69, 9.17) is 10.5 Å². The van der Waals surface area contributed by atoms with Crippen LogP contribution >= 0.6 is 0 Å². The fourth-order valence-electron chi connectivity index (χ4n) is 2.35. The van der Waals surface area contributed by atoms with E-state index in [1.807, 2.05) is 30.5 Å². The van der Waals surface area contributed by atoms with E-state index in [0.717, 1.165) is 30.0 Å². The summed E-state index contributed by atoms with van der Waals surface area (Å²) in [7, 11) is 0. The largest absolute Gasteiger partial charge is 0.492 e. The molecule has 2 aromatic rings. The van der Waals surface area contributed by atoms with Gasteiger partial charge in [0.25, 0.3) is 0 Å². The van der Waals surface area contributed by atoms with Gasteiger partial charge in [0.2, 0.25) is 0 Å². The predicted octanol–water partition coefficient (Wildman–Crippen LogP) is 1.97. The summed E-state index contributed by atoms with van der Waals surface area (Å²) < 4.78 is 5.53. The molecule has 0 radical (unpaired) electrons. The summed E-state index contributed by atoms with van der Waals surface area (Å²) in [5, 5.41) is 0. The van der Waals surface area contributed by atoms with Gasteiger partial charge in [-0.25, -0.2) is 9.97 Å². The molecule has 1 aromatic carbocycles. The minimum Gasteiger partial charge on any atom is -0.492 e. The lowest BCUT2D eigenvalue weighted by atomic mass is 10.2. The Hall–Kier alpha value is -1.94. The molecule has 1 heterocycles. The van der Waals surface area contributed by atoms with Crippen LogP contribution in [0.25, 0.3) is 11.4 Å². The Morgan fingerprint density at radius 3 is 3.11 bits per heavy atom. The number of benzene rings is 1. The first-order chi connectivity index (χ1) is 9.36. The predicted molar refractivity (Wildman–Crippen MR) is 74.0 cm³/mol. The number of nitrogens with zero attached hydrogens (tertiary/aromatic N) is 2. The highest BCUT2D eigenvalue weighted by Gasteiger charge is 2.14. The van der Waals surface area contributed by atoms with Crippen molar-refractivity contribution in [3.8, 4) is 17.1 Å². The van der Waals surface area contributed by atoms with Gasteiger partial charge in [-0.3, -0.25) is 0 Å². The van der Waals surface area contributed by atoms with Crippen molar-refractivity contribution in [2.75, 3.05) is 13.2 Å². The van der Waals surface area contributed by atoms with Crippen molar-refractivity contribution < 1.29 is 4.74 Å². The lowest BCUT2D eigenvalue weighted by Gasteiger charge is -2.07. The van der Waals surface area contributed by atoms with Crippen molar-refractivity contribution in [3.63, 3.8) is 0 Å². The maximum Gasteiger partial charge on any atom is 0.159 e. The Morgan fingerprint density at radius 1 is 1.26 bits per heavy atom. The number of hydrogen-bond acceptors (Lipinski definition) is 4. The van der Waals surface area contributed by atoms with Gasteiger partial charge in [-0.2, -0.15) is 0 Å². The fraction of sp³-hybridized carbons (Fsp3) is 0.333. The molecular weight excluding hydrogens is 238 g/mol. The van der Waals surface area contributed by atoms with Gasteiger partial charge in [0, 0.05) is 24.0 Å². The molecule has 0 spiro atoms. The number of hydrogen-bond donors (Lipinski definition) is 1. The van der Waals surface area contributed by atoms with Crippen LogP contribution in [0.4, 0.5) is 0 Å². The van der Waals surface area contributed by atoms with Crippen molar-refractivity contribution in [2.45, 2.75) is 19.3 Å². The molecule has 0 aliphatic heterocycles. The second kappa shape index (κ2) is 5.36. The smallest absolute Gasteiger partial charge is 0.159 e. The van der Waals surface area contributed by atoms with Gasteiger partial charge in [-0.05, 0) is 37.0 Å². The fourth-order valence-corrected chi connectivity index (χ4v) is 2.35. The topological polar surface area (TPSA) is 61.0 Å². The zero-order valence-electron chi connectivity index (χ0n) is 10.8. The van der Waals surface area contributed by atoms with E-state index >= 15 is 0 Å². The molecular formula is C15H17N3O. The minimum atomic E-state index is 0.513. The Bertz CT molecular complexity index is 583. The summed E-state index contributed by atoms with van der Waals surface area (Å²) in [6.07, 6.45) is 5.31. The van der Waals surface area contributed by atoms with Crippen LogP contribution in [0.5, 0.6) is 5.75 Å². The van der Waals surface area contributed by atoms with Crippen LogP contribution in [0.3, 0.4) is 0 Å². The van der Waals surface area contributed by atoms with Crippen molar-refractivity contribution in [2.24, 2.45) is 5.73 Å². The first-order valence-electron chi connectivity index (χ1n) is 6.65. The van der Waals surface area contributed by atoms with E-state index in [1.54, 1.807) is 0 Å². The molecule has 4 nitrogen and oxygen atoms in total. The zero-order chi connectivity index (χ0) is 13.1. The average molecular weight is 255 g/mol. The first-order valence-corrected chi connectivity index (χ1v) is 6.65. The Labute approximate surface area is 112 Å². The first kappa shape index (κ1) is 12.1. The number of nitrogens with two attached hydrogens (primary N) is 1. The lowest BCUT2D eigenvalue weighted by Crippen LogP contribution is -2.10. The minimum absolute atomic E-state index is 0.513. The highest BCUT2D eigenvalue weighted by Crippen LogP contribution is 2.24. The summed E-state index contributed by atoms with van der Waals surface area (Å²) in [6, 6.07) is 7.85. The monoisotopic (exact) mass is 255 g/mol. The standard InChI is InChI=1S/C15H17N3O/c16-7-8-19-13-5-1-3-11(9-13)15-17-10-12-4-2-6-14(12)18-15/h1,3,5,9-10H,2,4,6-8,16H2. The van der Waals surface area contributed by atoms with E-state index in [9.17, 15) is 0 Å². The quantitative estimate of drug-likeness (QED) is 0.907. The molecule has 3 rings (SSSR count). The van der Waals surface area contributed by atoms with Crippen molar-refractivity contribution in [3.05, 3.63) is 41.7 Å². The van der Waals surface area contributed by atoms with Crippen LogP contribution in [0.15, 0.2) is 30.5 Å². The average Bonchev–Trinajstić information content (AvgIpc) is 2.92. The zero-order valence-corrected chi connectivity index (χ0v) is 10.8. The van der Waals surface area contributed by atoms with Gasteiger partial charge >= 0.3 is 0 Å². The third kappa shape index (κ3) is 2.58. The molecule has 1 aliphatic rings. The van der Waals surface area contributed by atoms with Crippen molar-refractivity contribution >= 4 is 0 Å². The third-order valence-electron chi connectivity index (χ3n) is 3.29. The van der Waals surface area contributed by atoms with E-state index in [2.05, 4.69) is 9.97 Å². The highest BCUT2D eigenvalue weighted by atomic mass is 16.5. The highest BCUT2D eigenvalue weighted by molar-refractivity contribution is 5.57. The Kier molecular flexibility index (Phi) is 3.42. The summed E-state index contributed by atoms with van der Waals surface area (Å²) in [4.78, 5) is 9.10. The SMILES string of the molecule is NCCOc1cccc(-c2ncc3c(n2)CCC3)c1. The number of fused-ring (bicyclic) bond motifs is 1. The van der Waals surface area contributed by atoms with E-state index in [0.29, 0.717) is 13.2 Å². The van der Waals surface area contributed by atoms with Crippen molar-refractivity contribution in [1.29, 1.82) is 0 Å².